The largest absolute Gasteiger partial charge is 0.273 e. The minimum atomic E-state index is -0.0398. The molecule has 0 saturated carbocycles. The number of rotatable bonds is 12. The van der Waals surface area contributed by atoms with Crippen molar-refractivity contribution in [2.75, 3.05) is 0 Å². The van der Waals surface area contributed by atoms with Crippen molar-refractivity contribution < 1.29 is 4.79 Å². The van der Waals surface area contributed by atoms with Crippen molar-refractivity contribution in [2.45, 2.75) is 78.1 Å². The summed E-state index contributed by atoms with van der Waals surface area (Å²) in [5, 5.41) is 5.37. The molecule has 140 valence electrons. The third-order valence-corrected chi connectivity index (χ3v) is 4.70. The van der Waals surface area contributed by atoms with E-state index in [4.69, 9.17) is 23.2 Å². The van der Waals surface area contributed by atoms with E-state index in [0.29, 0.717) is 22.9 Å². The average molecular weight is 385 g/mol. The smallest absolute Gasteiger partial charge is 0.240 e. The molecule has 0 aliphatic rings. The molecular weight excluding hydrogens is 355 g/mol. The van der Waals surface area contributed by atoms with Crippen LogP contribution in [0, 0.1) is 0 Å². The molecular formula is C20H30Cl2N2O. The van der Waals surface area contributed by atoms with Crippen LogP contribution in [0.2, 0.25) is 10.0 Å². The lowest BCUT2D eigenvalue weighted by Crippen LogP contribution is -2.19. The molecule has 1 aromatic rings. The topological polar surface area (TPSA) is 41.5 Å². The van der Waals surface area contributed by atoms with Gasteiger partial charge in [0, 0.05) is 17.0 Å². The third-order valence-electron chi connectivity index (χ3n) is 4.15. The first-order valence-corrected chi connectivity index (χ1v) is 10.1. The Morgan fingerprint density at radius 2 is 1.64 bits per heavy atom. The minimum absolute atomic E-state index is 0.0398. The van der Waals surface area contributed by atoms with Gasteiger partial charge in [0.1, 0.15) is 0 Å². The number of carbonyl (C=O) groups is 1. The quantitative estimate of drug-likeness (QED) is 0.241. The highest BCUT2D eigenvalue weighted by Crippen LogP contribution is 2.22. The Hall–Kier alpha value is -1.06. The zero-order valence-corrected chi connectivity index (χ0v) is 16.9. The van der Waals surface area contributed by atoms with Crippen LogP contribution < -0.4 is 5.43 Å². The molecule has 1 aromatic carbocycles. The molecule has 1 rings (SSSR count). The number of amides is 1. The van der Waals surface area contributed by atoms with Crippen LogP contribution in [-0.2, 0) is 4.79 Å². The number of hydrazone groups is 1. The zero-order chi connectivity index (χ0) is 18.5. The summed E-state index contributed by atoms with van der Waals surface area (Å²) in [6, 6.07) is 5.29. The lowest BCUT2D eigenvalue weighted by molar-refractivity contribution is -0.121. The van der Waals surface area contributed by atoms with Gasteiger partial charge in [-0.1, -0.05) is 88.1 Å². The van der Waals surface area contributed by atoms with E-state index in [0.717, 1.165) is 24.1 Å². The molecule has 0 bridgehead atoms. The third kappa shape index (κ3) is 9.27. The number of nitrogens with one attached hydrogen (secondary N) is 1. The number of hydrogen-bond donors (Lipinski definition) is 1. The van der Waals surface area contributed by atoms with Gasteiger partial charge < -0.3 is 0 Å². The predicted molar refractivity (Wildman–Crippen MR) is 109 cm³/mol. The first-order chi connectivity index (χ1) is 12.1. The SMILES string of the molecule is CCCCCCCCCCC(=O)NN=C(CC)c1ccc(Cl)cc1Cl. The standard InChI is InChI=1S/C20H30Cl2N2O/c1-3-5-6-7-8-9-10-11-12-20(25)24-23-19(4-2)17-14-13-16(21)15-18(17)22/h13-15H,3-12H2,1-2H3,(H,24,25). The Bertz CT molecular complexity index is 559. The van der Waals surface area contributed by atoms with Crippen molar-refractivity contribution >= 4 is 34.8 Å². The van der Waals surface area contributed by atoms with E-state index in [1.54, 1.807) is 12.1 Å². The Morgan fingerprint density at radius 3 is 2.24 bits per heavy atom. The van der Waals surface area contributed by atoms with Crippen molar-refractivity contribution in [1.82, 2.24) is 5.43 Å². The van der Waals surface area contributed by atoms with Crippen molar-refractivity contribution in [3.63, 3.8) is 0 Å². The number of halogens is 2. The number of hydrogen-bond acceptors (Lipinski definition) is 2. The van der Waals surface area contributed by atoms with Crippen LogP contribution in [0.1, 0.15) is 83.6 Å². The van der Waals surface area contributed by atoms with Crippen LogP contribution in [0.15, 0.2) is 23.3 Å². The number of unbranched alkanes of at least 4 members (excludes halogenated alkanes) is 7. The second-order valence-corrected chi connectivity index (χ2v) is 7.14. The van der Waals surface area contributed by atoms with Gasteiger partial charge in [0.25, 0.3) is 0 Å². The molecule has 0 heterocycles. The second kappa shape index (κ2) is 13.2. The molecule has 0 saturated heterocycles. The molecule has 3 nitrogen and oxygen atoms in total. The molecule has 1 amide bonds. The van der Waals surface area contributed by atoms with Gasteiger partial charge in [0.2, 0.25) is 5.91 Å². The Kier molecular flexibility index (Phi) is 11.6. The highest BCUT2D eigenvalue weighted by Gasteiger charge is 2.08. The van der Waals surface area contributed by atoms with E-state index in [9.17, 15) is 4.79 Å². The molecule has 25 heavy (non-hydrogen) atoms. The van der Waals surface area contributed by atoms with Gasteiger partial charge in [-0.3, -0.25) is 4.79 Å². The molecule has 0 spiro atoms. The monoisotopic (exact) mass is 384 g/mol. The molecule has 1 N–H and O–H groups in total. The van der Waals surface area contributed by atoms with Gasteiger partial charge in [-0.2, -0.15) is 5.10 Å². The van der Waals surface area contributed by atoms with E-state index in [1.165, 1.54) is 38.5 Å². The molecule has 0 fully saturated rings. The number of nitrogens with zero attached hydrogens (tertiary/aromatic N) is 1. The van der Waals surface area contributed by atoms with Crippen molar-refractivity contribution in [2.24, 2.45) is 5.10 Å². The van der Waals surface area contributed by atoms with Gasteiger partial charge in [-0.05, 0) is 25.0 Å². The van der Waals surface area contributed by atoms with E-state index >= 15 is 0 Å². The van der Waals surface area contributed by atoms with Crippen LogP contribution in [-0.4, -0.2) is 11.6 Å². The highest BCUT2D eigenvalue weighted by atomic mass is 35.5. The molecule has 0 aliphatic carbocycles. The summed E-state index contributed by atoms with van der Waals surface area (Å²) in [7, 11) is 0. The Balaban J connectivity index is 2.32. The van der Waals surface area contributed by atoms with Gasteiger partial charge in [-0.25, -0.2) is 5.43 Å². The van der Waals surface area contributed by atoms with Crippen LogP contribution in [0.4, 0.5) is 0 Å². The lowest BCUT2D eigenvalue weighted by Gasteiger charge is -2.08. The second-order valence-electron chi connectivity index (χ2n) is 6.30. The van der Waals surface area contributed by atoms with Gasteiger partial charge >= 0.3 is 0 Å². The van der Waals surface area contributed by atoms with Gasteiger partial charge in [-0.15, -0.1) is 0 Å². The average Bonchev–Trinajstić information content (AvgIpc) is 2.59. The summed E-state index contributed by atoms with van der Waals surface area (Å²) >= 11 is 12.1. The predicted octanol–water partition coefficient (Wildman–Crippen LogP) is 6.75. The fourth-order valence-corrected chi connectivity index (χ4v) is 3.18. The van der Waals surface area contributed by atoms with Gasteiger partial charge in [0.15, 0.2) is 0 Å². The zero-order valence-electron chi connectivity index (χ0n) is 15.4. The van der Waals surface area contributed by atoms with E-state index in [-0.39, 0.29) is 5.91 Å². The summed E-state index contributed by atoms with van der Waals surface area (Å²) in [5.41, 5.74) is 4.21. The van der Waals surface area contributed by atoms with Crippen molar-refractivity contribution in [3.05, 3.63) is 33.8 Å². The summed E-state index contributed by atoms with van der Waals surface area (Å²) in [5.74, 6) is -0.0398. The van der Waals surface area contributed by atoms with Crippen LogP contribution in [0.5, 0.6) is 0 Å². The normalized spacial score (nSPS) is 11.6. The highest BCUT2D eigenvalue weighted by molar-refractivity contribution is 6.37. The maximum absolute atomic E-state index is 11.9. The van der Waals surface area contributed by atoms with Crippen molar-refractivity contribution in [1.29, 1.82) is 0 Å². The minimum Gasteiger partial charge on any atom is -0.273 e. The van der Waals surface area contributed by atoms with Crippen molar-refractivity contribution in [3.8, 4) is 0 Å². The molecule has 0 aliphatic heterocycles. The molecule has 0 aromatic heterocycles. The van der Waals surface area contributed by atoms with E-state index in [2.05, 4.69) is 17.5 Å². The molecule has 0 atom stereocenters. The Labute approximate surface area is 162 Å². The fourth-order valence-electron chi connectivity index (χ4n) is 2.66. The first kappa shape index (κ1) is 22.0. The van der Waals surface area contributed by atoms with Crippen LogP contribution in [0.3, 0.4) is 0 Å². The lowest BCUT2D eigenvalue weighted by atomic mass is 10.1. The summed E-state index contributed by atoms with van der Waals surface area (Å²) in [6.07, 6.45) is 11.0. The maximum Gasteiger partial charge on any atom is 0.240 e. The summed E-state index contributed by atoms with van der Waals surface area (Å²) in [4.78, 5) is 11.9. The molecule has 5 heteroatoms. The summed E-state index contributed by atoms with van der Waals surface area (Å²) in [6.45, 7) is 4.21. The summed E-state index contributed by atoms with van der Waals surface area (Å²) < 4.78 is 0. The molecule has 0 unspecified atom stereocenters. The van der Waals surface area contributed by atoms with Gasteiger partial charge in [0.05, 0.1) is 10.7 Å². The van der Waals surface area contributed by atoms with E-state index in [1.807, 2.05) is 13.0 Å². The number of carbonyl (C=O) groups excluding carboxylic acids is 1. The van der Waals surface area contributed by atoms with Crippen LogP contribution in [0.25, 0.3) is 0 Å². The fraction of sp³-hybridized carbons (Fsp3) is 0.600. The first-order valence-electron chi connectivity index (χ1n) is 9.39. The number of benzene rings is 1. The van der Waals surface area contributed by atoms with E-state index < -0.39 is 0 Å². The van der Waals surface area contributed by atoms with Crippen LogP contribution >= 0.6 is 23.2 Å². The maximum atomic E-state index is 11.9. The molecule has 0 radical (unpaired) electrons. The Morgan fingerprint density at radius 1 is 1.00 bits per heavy atom.